The lowest BCUT2D eigenvalue weighted by Gasteiger charge is -2.20. The molecule has 0 saturated carbocycles. The van der Waals surface area contributed by atoms with Crippen LogP contribution < -0.4 is 4.74 Å². The first-order valence-electron chi connectivity index (χ1n) is 5.51. The summed E-state index contributed by atoms with van der Waals surface area (Å²) < 4.78 is 4.98. The number of carboxylic acid groups (broad SMARTS) is 1. The van der Waals surface area contributed by atoms with Crippen LogP contribution in [0.15, 0.2) is 30.9 Å². The van der Waals surface area contributed by atoms with Crippen molar-refractivity contribution in [1.29, 1.82) is 0 Å². The van der Waals surface area contributed by atoms with E-state index in [9.17, 15) is 14.9 Å². The smallest absolute Gasteiger partial charge is 0.313 e. The van der Waals surface area contributed by atoms with Gasteiger partial charge in [0.05, 0.1) is 23.5 Å². The minimum Gasteiger partial charge on any atom is -0.496 e. The minimum atomic E-state index is -1.18. The maximum absolute atomic E-state index is 11.2. The molecule has 1 aromatic carbocycles. The summed E-state index contributed by atoms with van der Waals surface area (Å²) in [4.78, 5) is 21.5. The van der Waals surface area contributed by atoms with E-state index in [1.165, 1.54) is 32.2 Å². The Balaban J connectivity index is 3.20. The highest BCUT2D eigenvalue weighted by molar-refractivity contribution is 5.77. The molecule has 6 heteroatoms. The predicted octanol–water partition coefficient (Wildman–Crippen LogP) is 2.42. The number of nitro groups is 1. The first-order chi connectivity index (χ1) is 8.82. The van der Waals surface area contributed by atoms with Gasteiger partial charge >= 0.3 is 5.97 Å². The van der Waals surface area contributed by atoms with Crippen molar-refractivity contribution >= 4 is 11.7 Å². The van der Waals surface area contributed by atoms with Crippen LogP contribution in [0.5, 0.6) is 5.75 Å². The van der Waals surface area contributed by atoms with Crippen molar-refractivity contribution in [2.75, 3.05) is 7.11 Å². The van der Waals surface area contributed by atoms with E-state index in [-0.39, 0.29) is 12.1 Å². The fourth-order valence-electron chi connectivity index (χ4n) is 1.63. The number of hydrogen-bond acceptors (Lipinski definition) is 4. The summed E-state index contributed by atoms with van der Waals surface area (Å²) in [7, 11) is 1.40. The van der Waals surface area contributed by atoms with Crippen LogP contribution in [0, 0.1) is 15.5 Å². The van der Waals surface area contributed by atoms with Gasteiger partial charge in [-0.1, -0.05) is 6.08 Å². The average Bonchev–Trinajstić information content (AvgIpc) is 2.37. The number of rotatable bonds is 6. The zero-order valence-electron chi connectivity index (χ0n) is 10.8. The molecule has 1 unspecified atom stereocenters. The van der Waals surface area contributed by atoms with Gasteiger partial charge in [0.2, 0.25) is 0 Å². The molecule has 0 bridgehead atoms. The number of carboxylic acids is 1. The normalized spacial score (nSPS) is 13.4. The topological polar surface area (TPSA) is 89.7 Å². The summed E-state index contributed by atoms with van der Waals surface area (Å²) in [5, 5.41) is 20.0. The van der Waals surface area contributed by atoms with E-state index < -0.39 is 16.3 Å². The number of methoxy groups -OCH3 is 1. The summed E-state index contributed by atoms with van der Waals surface area (Å²) in [6.45, 7) is 5.01. The van der Waals surface area contributed by atoms with E-state index in [4.69, 9.17) is 9.84 Å². The third-order valence-corrected chi connectivity index (χ3v) is 2.91. The molecule has 0 heterocycles. The van der Waals surface area contributed by atoms with E-state index in [1.807, 2.05) is 0 Å². The molecular formula is C13H15NO5. The Morgan fingerprint density at radius 1 is 1.58 bits per heavy atom. The first-order valence-corrected chi connectivity index (χ1v) is 5.51. The minimum absolute atomic E-state index is 0.101. The fraction of sp³-hybridized carbons (Fsp3) is 0.308. The van der Waals surface area contributed by atoms with Gasteiger partial charge in [0.1, 0.15) is 5.75 Å². The van der Waals surface area contributed by atoms with Crippen molar-refractivity contribution in [3.05, 3.63) is 46.5 Å². The molecule has 1 rings (SSSR count). The van der Waals surface area contributed by atoms with E-state index >= 15 is 0 Å². The Morgan fingerprint density at radius 3 is 2.63 bits per heavy atom. The number of carbonyl (C=O) groups is 1. The largest absolute Gasteiger partial charge is 0.496 e. The van der Waals surface area contributed by atoms with Gasteiger partial charge in [0, 0.05) is 6.07 Å². The molecule has 0 aliphatic heterocycles. The van der Waals surface area contributed by atoms with Crippen molar-refractivity contribution in [1.82, 2.24) is 0 Å². The summed E-state index contributed by atoms with van der Waals surface area (Å²) in [6.07, 6.45) is 1.42. The molecule has 0 spiro atoms. The van der Waals surface area contributed by atoms with Crippen LogP contribution in [0.4, 0.5) is 5.69 Å². The summed E-state index contributed by atoms with van der Waals surface area (Å²) in [5.41, 5.74) is -0.803. The Morgan fingerprint density at radius 2 is 2.21 bits per heavy atom. The number of nitrogens with zero attached hydrogens (tertiary/aromatic N) is 1. The van der Waals surface area contributed by atoms with Gasteiger partial charge in [-0.3, -0.25) is 14.9 Å². The molecule has 0 aliphatic carbocycles. The Bertz CT molecular complexity index is 526. The van der Waals surface area contributed by atoms with Crippen LogP contribution in [0.2, 0.25) is 0 Å². The number of ether oxygens (including phenoxy) is 1. The molecule has 0 saturated heterocycles. The number of hydrogen-bond donors (Lipinski definition) is 1. The lowest BCUT2D eigenvalue weighted by atomic mass is 9.84. The standard InChI is InChI=1S/C13H15NO5/c1-4-13(2,12(15)16)8-9-5-10(14(17)18)7-11(6-9)19-3/h4-7H,1,8H2,2-3H3,(H,15,16). The van der Waals surface area contributed by atoms with Gasteiger partial charge in [-0.05, 0) is 25.0 Å². The fourth-order valence-corrected chi connectivity index (χ4v) is 1.63. The second-order valence-corrected chi connectivity index (χ2v) is 4.40. The van der Waals surface area contributed by atoms with Crippen molar-refractivity contribution < 1.29 is 19.6 Å². The lowest BCUT2D eigenvalue weighted by molar-refractivity contribution is -0.385. The van der Waals surface area contributed by atoms with Crippen molar-refractivity contribution in [3.8, 4) is 5.75 Å². The van der Waals surface area contributed by atoms with Gasteiger partial charge in [-0.15, -0.1) is 6.58 Å². The molecule has 1 N–H and O–H groups in total. The van der Waals surface area contributed by atoms with E-state index in [0.717, 1.165) is 0 Å². The quantitative estimate of drug-likeness (QED) is 0.484. The van der Waals surface area contributed by atoms with Gasteiger partial charge in [-0.2, -0.15) is 0 Å². The summed E-state index contributed by atoms with van der Waals surface area (Å²) >= 11 is 0. The summed E-state index contributed by atoms with van der Waals surface area (Å²) in [6, 6.07) is 4.21. The average molecular weight is 265 g/mol. The van der Waals surface area contributed by atoms with Crippen molar-refractivity contribution in [3.63, 3.8) is 0 Å². The van der Waals surface area contributed by atoms with Crippen LogP contribution in [0.3, 0.4) is 0 Å². The molecule has 0 aliphatic rings. The number of aliphatic carboxylic acids is 1. The number of non-ortho nitro benzene ring substituents is 1. The second kappa shape index (κ2) is 5.51. The van der Waals surface area contributed by atoms with Gasteiger partial charge < -0.3 is 9.84 Å². The molecule has 0 amide bonds. The van der Waals surface area contributed by atoms with Gasteiger partial charge in [0.25, 0.3) is 5.69 Å². The molecule has 1 aromatic rings. The van der Waals surface area contributed by atoms with E-state index in [2.05, 4.69) is 6.58 Å². The van der Waals surface area contributed by atoms with Gasteiger partial charge in [-0.25, -0.2) is 0 Å². The zero-order chi connectivity index (χ0) is 14.6. The monoisotopic (exact) mass is 265 g/mol. The Kier molecular flexibility index (Phi) is 4.26. The molecule has 0 fully saturated rings. The SMILES string of the molecule is C=CC(C)(Cc1cc(OC)cc([N+](=O)[O-])c1)C(=O)O. The maximum Gasteiger partial charge on any atom is 0.313 e. The van der Waals surface area contributed by atoms with Crippen LogP contribution in [0.1, 0.15) is 12.5 Å². The Labute approximate surface area is 110 Å². The van der Waals surface area contributed by atoms with E-state index in [1.54, 1.807) is 6.07 Å². The number of nitro benzene ring substituents is 1. The molecule has 19 heavy (non-hydrogen) atoms. The highest BCUT2D eigenvalue weighted by atomic mass is 16.6. The predicted molar refractivity (Wildman–Crippen MR) is 69.3 cm³/mol. The molecule has 0 aromatic heterocycles. The highest BCUT2D eigenvalue weighted by Crippen LogP contribution is 2.29. The van der Waals surface area contributed by atoms with Crippen LogP contribution in [0.25, 0.3) is 0 Å². The van der Waals surface area contributed by atoms with Crippen molar-refractivity contribution in [2.24, 2.45) is 5.41 Å². The molecule has 6 nitrogen and oxygen atoms in total. The van der Waals surface area contributed by atoms with Crippen LogP contribution in [-0.4, -0.2) is 23.1 Å². The number of benzene rings is 1. The molecule has 1 atom stereocenters. The second-order valence-electron chi connectivity index (χ2n) is 4.40. The maximum atomic E-state index is 11.2. The molecular weight excluding hydrogens is 250 g/mol. The van der Waals surface area contributed by atoms with Crippen LogP contribution >= 0.6 is 0 Å². The van der Waals surface area contributed by atoms with Gasteiger partial charge in [0.15, 0.2) is 0 Å². The van der Waals surface area contributed by atoms with E-state index in [0.29, 0.717) is 11.3 Å². The third kappa shape index (κ3) is 3.31. The first kappa shape index (κ1) is 14.7. The van der Waals surface area contributed by atoms with Crippen LogP contribution in [-0.2, 0) is 11.2 Å². The highest BCUT2D eigenvalue weighted by Gasteiger charge is 2.30. The third-order valence-electron chi connectivity index (χ3n) is 2.91. The van der Waals surface area contributed by atoms with Crippen molar-refractivity contribution in [2.45, 2.75) is 13.3 Å². The lowest BCUT2D eigenvalue weighted by Crippen LogP contribution is -2.27. The molecule has 0 radical (unpaired) electrons. The molecule has 102 valence electrons. The summed E-state index contributed by atoms with van der Waals surface area (Å²) in [5.74, 6) is -0.714. The zero-order valence-corrected chi connectivity index (χ0v) is 10.8. The Hall–Kier alpha value is -2.37.